The van der Waals surface area contributed by atoms with E-state index in [0.29, 0.717) is 0 Å². The van der Waals surface area contributed by atoms with Gasteiger partial charge < -0.3 is 0 Å². The largest absolute Gasteiger partial charge is 0.0955 e. The van der Waals surface area contributed by atoms with Crippen molar-refractivity contribution in [2.75, 3.05) is 0 Å². The van der Waals surface area contributed by atoms with Gasteiger partial charge in [0, 0.05) is 0 Å². The molecule has 200 valence electrons. The van der Waals surface area contributed by atoms with Crippen LogP contribution >= 0.6 is 0 Å². The van der Waals surface area contributed by atoms with E-state index in [0.717, 1.165) is 12.0 Å². The molecule has 8 rings (SSSR count). The average molecular weight is 537 g/mol. The summed E-state index contributed by atoms with van der Waals surface area (Å²) in [5.41, 5.74) is 19.2. The zero-order chi connectivity index (χ0) is 28.4. The number of rotatable bonds is 2. The maximum absolute atomic E-state index is 4.13. The van der Waals surface area contributed by atoms with Crippen molar-refractivity contribution in [1.29, 1.82) is 0 Å². The SMILES string of the molecule is C=C(C)c1ccc(-c2ccc3c(c2)Cc2ccccc2-c2cccc(c2C)C32c3ccccc3-c3ccccc32)cc1. The van der Waals surface area contributed by atoms with Gasteiger partial charge in [0.1, 0.15) is 0 Å². The molecule has 0 saturated heterocycles. The van der Waals surface area contributed by atoms with Gasteiger partial charge in [-0.1, -0.05) is 146 Å². The normalized spacial score (nSPS) is 13.7. The molecule has 6 aromatic carbocycles. The van der Waals surface area contributed by atoms with Crippen molar-refractivity contribution in [3.05, 3.63) is 185 Å². The van der Waals surface area contributed by atoms with E-state index in [4.69, 9.17) is 0 Å². The summed E-state index contributed by atoms with van der Waals surface area (Å²) in [4.78, 5) is 0. The van der Waals surface area contributed by atoms with Gasteiger partial charge in [0.05, 0.1) is 5.41 Å². The molecule has 2 aliphatic rings. The van der Waals surface area contributed by atoms with E-state index in [1.54, 1.807) is 0 Å². The molecule has 42 heavy (non-hydrogen) atoms. The molecule has 0 radical (unpaired) electrons. The first kappa shape index (κ1) is 24.8. The van der Waals surface area contributed by atoms with Crippen molar-refractivity contribution >= 4 is 5.57 Å². The Kier molecular flexibility index (Phi) is 5.49. The molecule has 0 fully saturated rings. The number of hydrogen-bond acceptors (Lipinski definition) is 0. The molecule has 0 unspecified atom stereocenters. The van der Waals surface area contributed by atoms with Crippen LogP contribution in [0.4, 0.5) is 0 Å². The number of fused-ring (bicyclic) bond motifs is 12. The predicted octanol–water partition coefficient (Wildman–Crippen LogP) is 10.6. The molecular weight excluding hydrogens is 504 g/mol. The second-order valence-electron chi connectivity index (χ2n) is 11.9. The second-order valence-corrected chi connectivity index (χ2v) is 11.9. The topological polar surface area (TPSA) is 0 Å². The van der Waals surface area contributed by atoms with E-state index in [1.165, 1.54) is 77.9 Å². The van der Waals surface area contributed by atoms with Crippen LogP contribution < -0.4 is 0 Å². The van der Waals surface area contributed by atoms with E-state index < -0.39 is 5.41 Å². The minimum absolute atomic E-state index is 0.410. The smallest absolute Gasteiger partial charge is 0.0719 e. The lowest BCUT2D eigenvalue weighted by atomic mass is 9.64. The molecule has 0 amide bonds. The fourth-order valence-corrected chi connectivity index (χ4v) is 7.67. The molecule has 6 aromatic rings. The summed E-state index contributed by atoms with van der Waals surface area (Å²) < 4.78 is 0. The first-order valence-corrected chi connectivity index (χ1v) is 14.8. The van der Waals surface area contributed by atoms with E-state index in [2.05, 4.69) is 154 Å². The van der Waals surface area contributed by atoms with Crippen LogP contribution in [0.1, 0.15) is 51.4 Å². The van der Waals surface area contributed by atoms with Gasteiger partial charge in [-0.2, -0.15) is 0 Å². The van der Waals surface area contributed by atoms with Crippen LogP contribution in [-0.4, -0.2) is 0 Å². The molecule has 0 saturated carbocycles. The molecule has 0 heterocycles. The quantitative estimate of drug-likeness (QED) is 0.206. The second kappa shape index (κ2) is 9.29. The Hall–Kier alpha value is -4.94. The third-order valence-corrected chi connectivity index (χ3v) is 9.60. The zero-order valence-electron chi connectivity index (χ0n) is 24.1. The van der Waals surface area contributed by atoms with E-state index in [9.17, 15) is 0 Å². The number of allylic oxidation sites excluding steroid dienone is 1. The lowest BCUT2D eigenvalue weighted by Gasteiger charge is -2.37. The Morgan fingerprint density at radius 2 is 1.10 bits per heavy atom. The molecular formula is C42H32. The van der Waals surface area contributed by atoms with Gasteiger partial charge in [-0.3, -0.25) is 0 Å². The van der Waals surface area contributed by atoms with Crippen molar-refractivity contribution < 1.29 is 0 Å². The standard InChI is InChI=1S/C42H32/c1-27(2)29-19-21-30(22-20-29)31-23-24-39-33(25-31)26-32-11-4-5-12-35(32)34-15-10-18-38(28(34)3)42(39)40-16-8-6-13-36(40)37-14-7-9-17-41(37)42/h4-25H,1,26H2,2-3H3. The number of benzene rings is 6. The van der Waals surface area contributed by atoms with Gasteiger partial charge in [-0.05, 0) is 98.2 Å². The average Bonchev–Trinajstić information content (AvgIpc) is 3.32. The van der Waals surface area contributed by atoms with Gasteiger partial charge in [0.15, 0.2) is 0 Å². The summed E-state index contributed by atoms with van der Waals surface area (Å²) in [6, 6.07) is 50.1. The number of hydrogen-bond donors (Lipinski definition) is 0. The van der Waals surface area contributed by atoms with Crippen LogP contribution in [0.5, 0.6) is 0 Å². The zero-order valence-corrected chi connectivity index (χ0v) is 24.1. The van der Waals surface area contributed by atoms with E-state index >= 15 is 0 Å². The van der Waals surface area contributed by atoms with Gasteiger partial charge in [0.25, 0.3) is 0 Å². The molecule has 0 atom stereocenters. The van der Waals surface area contributed by atoms with Crippen LogP contribution in [0.15, 0.2) is 140 Å². The van der Waals surface area contributed by atoms with Crippen molar-refractivity contribution in [1.82, 2.24) is 0 Å². The van der Waals surface area contributed by atoms with Crippen LogP contribution in [-0.2, 0) is 11.8 Å². The minimum Gasteiger partial charge on any atom is -0.0955 e. The Labute approximate surface area is 248 Å². The summed E-state index contributed by atoms with van der Waals surface area (Å²) in [6.45, 7) is 8.52. The summed E-state index contributed by atoms with van der Waals surface area (Å²) >= 11 is 0. The summed E-state index contributed by atoms with van der Waals surface area (Å²) in [7, 11) is 0. The molecule has 0 heteroatoms. The Bertz CT molecular complexity index is 1990. The lowest BCUT2D eigenvalue weighted by molar-refractivity contribution is 0.751. The lowest BCUT2D eigenvalue weighted by Crippen LogP contribution is -2.31. The predicted molar refractivity (Wildman–Crippen MR) is 177 cm³/mol. The highest BCUT2D eigenvalue weighted by Crippen LogP contribution is 2.58. The fourth-order valence-electron chi connectivity index (χ4n) is 7.67. The van der Waals surface area contributed by atoms with Gasteiger partial charge >= 0.3 is 0 Å². The Morgan fingerprint density at radius 1 is 0.524 bits per heavy atom. The highest BCUT2D eigenvalue weighted by Gasteiger charge is 2.48. The van der Waals surface area contributed by atoms with E-state index in [1.807, 2.05) is 0 Å². The van der Waals surface area contributed by atoms with Gasteiger partial charge in [0.2, 0.25) is 0 Å². The summed E-state index contributed by atoms with van der Waals surface area (Å²) in [5.74, 6) is 0. The maximum Gasteiger partial charge on any atom is 0.0719 e. The van der Waals surface area contributed by atoms with Crippen LogP contribution in [0.25, 0.3) is 39.0 Å². The first-order chi connectivity index (χ1) is 20.6. The fraction of sp³-hybridized carbons (Fsp3) is 0.0952. The molecule has 0 N–H and O–H groups in total. The monoisotopic (exact) mass is 536 g/mol. The molecule has 0 aromatic heterocycles. The first-order valence-electron chi connectivity index (χ1n) is 14.8. The van der Waals surface area contributed by atoms with E-state index in [-0.39, 0.29) is 0 Å². The third-order valence-electron chi connectivity index (χ3n) is 9.60. The third kappa shape index (κ3) is 3.42. The van der Waals surface area contributed by atoms with Crippen molar-refractivity contribution in [2.24, 2.45) is 0 Å². The molecule has 1 spiro atoms. The van der Waals surface area contributed by atoms with Crippen molar-refractivity contribution in [3.63, 3.8) is 0 Å². The van der Waals surface area contributed by atoms with Crippen molar-refractivity contribution in [2.45, 2.75) is 25.7 Å². The highest BCUT2D eigenvalue weighted by molar-refractivity contribution is 5.89. The minimum atomic E-state index is -0.410. The van der Waals surface area contributed by atoms with Crippen molar-refractivity contribution in [3.8, 4) is 33.4 Å². The molecule has 0 nitrogen and oxygen atoms in total. The molecule has 2 bridgehead atoms. The Balaban J connectivity index is 1.50. The molecule has 2 aliphatic carbocycles. The Morgan fingerprint density at radius 3 is 1.79 bits per heavy atom. The summed E-state index contributed by atoms with van der Waals surface area (Å²) in [6.07, 6.45) is 0.868. The van der Waals surface area contributed by atoms with Crippen LogP contribution in [0.2, 0.25) is 0 Å². The highest BCUT2D eigenvalue weighted by atomic mass is 14.5. The van der Waals surface area contributed by atoms with Crippen LogP contribution in [0.3, 0.4) is 0 Å². The molecule has 0 aliphatic heterocycles. The van der Waals surface area contributed by atoms with Gasteiger partial charge in [-0.25, -0.2) is 0 Å². The summed E-state index contributed by atoms with van der Waals surface area (Å²) in [5, 5.41) is 0. The van der Waals surface area contributed by atoms with Gasteiger partial charge in [-0.15, -0.1) is 0 Å². The van der Waals surface area contributed by atoms with Crippen LogP contribution in [0, 0.1) is 6.92 Å². The maximum atomic E-state index is 4.13.